The van der Waals surface area contributed by atoms with Gasteiger partial charge in [0.1, 0.15) is 0 Å². The predicted octanol–water partition coefficient (Wildman–Crippen LogP) is 5.39. The molecule has 4 nitrogen and oxygen atoms in total. The lowest BCUT2D eigenvalue weighted by atomic mass is 10.2. The zero-order valence-corrected chi connectivity index (χ0v) is 17.2. The van der Waals surface area contributed by atoms with Gasteiger partial charge in [0.15, 0.2) is 0 Å². The van der Waals surface area contributed by atoms with Crippen molar-refractivity contribution < 1.29 is 4.79 Å². The van der Waals surface area contributed by atoms with Crippen molar-refractivity contribution in [3.05, 3.63) is 60.4 Å². The third-order valence-electron chi connectivity index (χ3n) is 2.97. The Hall–Kier alpha value is -1.08. The summed E-state index contributed by atoms with van der Waals surface area (Å²) in [5.74, 6) is -0.282. The summed E-state index contributed by atoms with van der Waals surface area (Å²) >= 11 is 18.8. The molecule has 0 spiro atoms. The number of aryl methyl sites for hydroxylation is 1. The molecule has 1 amide bonds. The molecule has 126 valence electrons. The number of amides is 1. The smallest absolute Gasteiger partial charge is 0.259 e. The van der Waals surface area contributed by atoms with Crippen molar-refractivity contribution in [1.29, 1.82) is 0 Å². The number of halogens is 4. The van der Waals surface area contributed by atoms with Gasteiger partial charge in [-0.3, -0.25) is 4.79 Å². The van der Waals surface area contributed by atoms with Crippen molar-refractivity contribution in [1.82, 2.24) is 5.43 Å². The highest BCUT2D eigenvalue weighted by molar-refractivity contribution is 9.11. The van der Waals surface area contributed by atoms with Crippen molar-refractivity contribution in [3.8, 4) is 0 Å². The Balaban J connectivity index is 1.91. The Bertz CT molecular complexity index is 774. The molecule has 0 bridgehead atoms. The van der Waals surface area contributed by atoms with Crippen molar-refractivity contribution in [2.75, 3.05) is 11.9 Å². The summed E-state index contributed by atoms with van der Waals surface area (Å²) in [5.41, 5.74) is 5.02. The summed E-state index contributed by atoms with van der Waals surface area (Å²) in [6.45, 7) is 2.06. The number of carbonyl (C=O) groups excluding carboxylic acids is 1. The topological polar surface area (TPSA) is 53.5 Å². The highest BCUT2D eigenvalue weighted by atomic mass is 79.9. The fraction of sp³-hybridized carbons (Fsp3) is 0.125. The van der Waals surface area contributed by atoms with Crippen LogP contribution in [0.2, 0.25) is 10.0 Å². The second-order valence-corrected chi connectivity index (χ2v) is 7.47. The van der Waals surface area contributed by atoms with E-state index in [1.54, 1.807) is 18.2 Å². The van der Waals surface area contributed by atoms with Crippen LogP contribution in [0.4, 0.5) is 5.69 Å². The monoisotopic (exact) mass is 491 g/mol. The summed E-state index contributed by atoms with van der Waals surface area (Å²) in [7, 11) is 0. The van der Waals surface area contributed by atoms with Crippen LogP contribution < -0.4 is 10.7 Å². The van der Waals surface area contributed by atoms with Crippen LogP contribution in [0.3, 0.4) is 0 Å². The molecule has 0 aliphatic heterocycles. The Morgan fingerprint density at radius 3 is 2.50 bits per heavy atom. The molecule has 0 fully saturated rings. The highest BCUT2D eigenvalue weighted by Crippen LogP contribution is 2.32. The van der Waals surface area contributed by atoms with Gasteiger partial charge in [0.2, 0.25) is 0 Å². The summed E-state index contributed by atoms with van der Waals surface area (Å²) in [5, 5.41) is 7.95. The van der Waals surface area contributed by atoms with Gasteiger partial charge in [-0.25, -0.2) is 5.43 Å². The van der Waals surface area contributed by atoms with Gasteiger partial charge in [-0.2, -0.15) is 5.10 Å². The SMILES string of the molecule is Cc1cc(Br)c(NCC(=O)NN=Cc2ccc(Cl)cc2Cl)c(Br)c1. The summed E-state index contributed by atoms with van der Waals surface area (Å²) < 4.78 is 1.75. The Morgan fingerprint density at radius 2 is 1.88 bits per heavy atom. The lowest BCUT2D eigenvalue weighted by molar-refractivity contribution is -0.119. The van der Waals surface area contributed by atoms with Crippen LogP contribution in [-0.2, 0) is 4.79 Å². The fourth-order valence-corrected chi connectivity index (χ4v) is 4.01. The number of benzene rings is 2. The molecule has 0 atom stereocenters. The van der Waals surface area contributed by atoms with E-state index in [1.807, 2.05) is 19.1 Å². The van der Waals surface area contributed by atoms with E-state index in [-0.39, 0.29) is 12.5 Å². The zero-order valence-electron chi connectivity index (χ0n) is 12.5. The van der Waals surface area contributed by atoms with Gasteiger partial charge >= 0.3 is 0 Å². The third kappa shape index (κ3) is 5.48. The molecule has 0 aliphatic rings. The van der Waals surface area contributed by atoms with E-state index in [2.05, 4.69) is 47.7 Å². The van der Waals surface area contributed by atoms with Crippen LogP contribution in [0.1, 0.15) is 11.1 Å². The largest absolute Gasteiger partial charge is 0.374 e. The molecule has 8 heteroatoms. The average Bonchev–Trinajstić information content (AvgIpc) is 2.48. The average molecular weight is 494 g/mol. The number of hydrazone groups is 1. The molecule has 2 N–H and O–H groups in total. The third-order valence-corrected chi connectivity index (χ3v) is 4.78. The number of anilines is 1. The van der Waals surface area contributed by atoms with Crippen molar-refractivity contribution in [3.63, 3.8) is 0 Å². The minimum Gasteiger partial charge on any atom is -0.374 e. The van der Waals surface area contributed by atoms with Crippen LogP contribution in [0, 0.1) is 6.92 Å². The van der Waals surface area contributed by atoms with Gasteiger partial charge in [-0.05, 0) is 68.6 Å². The lowest BCUT2D eigenvalue weighted by Gasteiger charge is -2.11. The maximum atomic E-state index is 11.9. The lowest BCUT2D eigenvalue weighted by Crippen LogP contribution is -2.26. The molecule has 2 rings (SSSR count). The number of carbonyl (C=O) groups is 1. The maximum Gasteiger partial charge on any atom is 0.259 e. The van der Waals surface area contributed by atoms with Gasteiger partial charge < -0.3 is 5.32 Å². The van der Waals surface area contributed by atoms with E-state index in [9.17, 15) is 4.79 Å². The summed E-state index contributed by atoms with van der Waals surface area (Å²) in [6.07, 6.45) is 1.47. The normalized spacial score (nSPS) is 10.9. The first-order valence-electron chi connectivity index (χ1n) is 6.83. The first-order chi connectivity index (χ1) is 11.4. The van der Waals surface area contributed by atoms with Crippen LogP contribution >= 0.6 is 55.1 Å². The molecule has 0 heterocycles. The molecular weight excluding hydrogens is 481 g/mol. The molecule has 24 heavy (non-hydrogen) atoms. The second kappa shape index (κ2) is 8.85. The van der Waals surface area contributed by atoms with Crippen molar-refractivity contribution >= 4 is 72.9 Å². The Labute approximate surface area is 166 Å². The van der Waals surface area contributed by atoms with Crippen LogP contribution in [-0.4, -0.2) is 18.7 Å². The maximum absolute atomic E-state index is 11.9. The first-order valence-corrected chi connectivity index (χ1v) is 9.17. The molecular formula is C16H13Br2Cl2N3O. The minimum absolute atomic E-state index is 0.0753. The van der Waals surface area contributed by atoms with Gasteiger partial charge in [-0.1, -0.05) is 29.3 Å². The Kier molecular flexibility index (Phi) is 7.10. The highest BCUT2D eigenvalue weighted by Gasteiger charge is 2.08. The Morgan fingerprint density at radius 1 is 1.21 bits per heavy atom. The first kappa shape index (κ1) is 19.2. The molecule has 0 radical (unpaired) electrons. The predicted molar refractivity (Wildman–Crippen MR) is 107 cm³/mol. The van der Waals surface area contributed by atoms with E-state index in [4.69, 9.17) is 23.2 Å². The molecule has 2 aromatic carbocycles. The van der Waals surface area contributed by atoms with E-state index in [1.165, 1.54) is 6.21 Å². The summed E-state index contributed by atoms with van der Waals surface area (Å²) in [6, 6.07) is 8.96. The number of nitrogens with zero attached hydrogens (tertiary/aromatic N) is 1. The standard InChI is InChI=1S/C16H13Br2Cl2N3O/c1-9-4-12(17)16(13(18)5-9)21-8-15(24)23-22-7-10-2-3-11(19)6-14(10)20/h2-7,21H,8H2,1H3,(H,23,24). The molecule has 0 aromatic heterocycles. The van der Waals surface area contributed by atoms with Crippen LogP contribution in [0.25, 0.3) is 0 Å². The molecule has 0 saturated carbocycles. The van der Waals surface area contributed by atoms with E-state index < -0.39 is 0 Å². The van der Waals surface area contributed by atoms with Gasteiger partial charge in [-0.15, -0.1) is 0 Å². The quantitative estimate of drug-likeness (QED) is 0.433. The number of hydrogen-bond acceptors (Lipinski definition) is 3. The van der Waals surface area contributed by atoms with Gasteiger partial charge in [0.05, 0.1) is 23.5 Å². The number of hydrogen-bond donors (Lipinski definition) is 2. The second-order valence-electron chi connectivity index (χ2n) is 4.92. The summed E-state index contributed by atoms with van der Waals surface area (Å²) in [4.78, 5) is 11.9. The fourth-order valence-electron chi connectivity index (χ4n) is 1.86. The van der Waals surface area contributed by atoms with E-state index >= 15 is 0 Å². The number of nitrogens with one attached hydrogen (secondary N) is 2. The van der Waals surface area contributed by atoms with E-state index in [0.717, 1.165) is 20.2 Å². The minimum atomic E-state index is -0.282. The van der Waals surface area contributed by atoms with Gasteiger partial charge in [0, 0.05) is 19.5 Å². The zero-order chi connectivity index (χ0) is 17.7. The molecule has 2 aromatic rings. The molecule has 0 saturated heterocycles. The molecule has 0 unspecified atom stereocenters. The molecule has 0 aliphatic carbocycles. The van der Waals surface area contributed by atoms with Crippen molar-refractivity contribution in [2.45, 2.75) is 6.92 Å². The van der Waals surface area contributed by atoms with Crippen LogP contribution in [0.5, 0.6) is 0 Å². The van der Waals surface area contributed by atoms with Crippen LogP contribution in [0.15, 0.2) is 44.4 Å². The van der Waals surface area contributed by atoms with Crippen molar-refractivity contribution in [2.24, 2.45) is 5.10 Å². The van der Waals surface area contributed by atoms with Gasteiger partial charge in [0.25, 0.3) is 5.91 Å². The van der Waals surface area contributed by atoms with E-state index in [0.29, 0.717) is 15.6 Å². The number of rotatable bonds is 5.